The third-order valence-electron chi connectivity index (χ3n) is 5.49. The van der Waals surface area contributed by atoms with E-state index in [1.807, 2.05) is 6.92 Å². The van der Waals surface area contributed by atoms with E-state index in [0.29, 0.717) is 37.8 Å². The highest BCUT2D eigenvalue weighted by Gasteiger charge is 2.48. The van der Waals surface area contributed by atoms with Crippen molar-refractivity contribution in [3.05, 3.63) is 11.7 Å². The summed E-state index contributed by atoms with van der Waals surface area (Å²) in [6, 6.07) is 0. The number of sulfone groups is 1. The molecule has 0 radical (unpaired) electrons. The molecule has 3 rings (SSSR count). The van der Waals surface area contributed by atoms with Crippen molar-refractivity contribution < 1.29 is 12.9 Å². The van der Waals surface area contributed by atoms with Gasteiger partial charge in [-0.2, -0.15) is 4.98 Å². The summed E-state index contributed by atoms with van der Waals surface area (Å²) < 4.78 is 30.0. The van der Waals surface area contributed by atoms with Gasteiger partial charge >= 0.3 is 0 Å². The molecule has 0 aromatic carbocycles. The number of nitrogens with one attached hydrogen (secondary N) is 1. The van der Waals surface area contributed by atoms with Gasteiger partial charge in [0.1, 0.15) is 0 Å². The van der Waals surface area contributed by atoms with Gasteiger partial charge < -0.3 is 14.7 Å². The summed E-state index contributed by atoms with van der Waals surface area (Å²) in [6.07, 6.45) is 6.03. The third kappa shape index (κ3) is 4.93. The Kier molecular flexibility index (Phi) is 7.90. The number of rotatable bonds is 4. The summed E-state index contributed by atoms with van der Waals surface area (Å²) in [6.45, 7) is 3.64. The lowest BCUT2D eigenvalue weighted by atomic mass is 9.87. The minimum absolute atomic E-state index is 0. The number of nitrogens with zero attached hydrogens (tertiary/aromatic N) is 4. The molecule has 0 atom stereocenters. The predicted molar refractivity (Wildman–Crippen MR) is 115 cm³/mol. The van der Waals surface area contributed by atoms with Crippen molar-refractivity contribution in [1.29, 1.82) is 0 Å². The summed E-state index contributed by atoms with van der Waals surface area (Å²) in [5.41, 5.74) is 0. The van der Waals surface area contributed by atoms with E-state index in [9.17, 15) is 8.42 Å². The molecule has 1 aromatic rings. The topological polar surface area (TPSA) is 101 Å². The van der Waals surface area contributed by atoms with Gasteiger partial charge in [0.2, 0.25) is 5.89 Å². The molecule has 0 unspecified atom stereocenters. The van der Waals surface area contributed by atoms with Crippen molar-refractivity contribution in [3.8, 4) is 0 Å². The van der Waals surface area contributed by atoms with Crippen LogP contribution in [0.1, 0.15) is 50.7 Å². The predicted octanol–water partition coefficient (Wildman–Crippen LogP) is 1.80. The van der Waals surface area contributed by atoms with E-state index in [-0.39, 0.29) is 29.7 Å². The van der Waals surface area contributed by atoms with Gasteiger partial charge in [0, 0.05) is 39.5 Å². The monoisotopic (exact) mass is 511 g/mol. The van der Waals surface area contributed by atoms with Crippen LogP contribution in [-0.4, -0.2) is 66.6 Å². The Labute approximate surface area is 178 Å². The van der Waals surface area contributed by atoms with E-state index in [2.05, 4.69) is 25.3 Å². The van der Waals surface area contributed by atoms with Crippen LogP contribution >= 0.6 is 24.0 Å². The molecule has 27 heavy (non-hydrogen) atoms. The molecular weight excluding hydrogens is 481 g/mol. The first kappa shape index (κ1) is 22.4. The lowest BCUT2D eigenvalue weighted by Crippen LogP contribution is -2.60. The smallest absolute Gasteiger partial charge is 0.226 e. The molecule has 1 aliphatic carbocycles. The lowest BCUT2D eigenvalue weighted by molar-refractivity contribution is 0.274. The third-order valence-corrected chi connectivity index (χ3v) is 8.07. The Hall–Kier alpha value is -0.910. The number of aromatic nitrogens is 2. The van der Waals surface area contributed by atoms with Crippen molar-refractivity contribution in [1.82, 2.24) is 20.4 Å². The summed E-state index contributed by atoms with van der Waals surface area (Å²) in [5.74, 6) is 2.28. The first-order valence-electron chi connectivity index (χ1n) is 9.49. The van der Waals surface area contributed by atoms with Gasteiger partial charge in [0.15, 0.2) is 21.6 Å². The highest BCUT2D eigenvalue weighted by molar-refractivity contribution is 14.0. The highest BCUT2D eigenvalue weighted by Crippen LogP contribution is 2.38. The molecule has 0 bridgehead atoms. The van der Waals surface area contributed by atoms with Crippen LogP contribution < -0.4 is 5.32 Å². The van der Waals surface area contributed by atoms with Gasteiger partial charge in [0.25, 0.3) is 0 Å². The first-order chi connectivity index (χ1) is 12.5. The molecule has 2 heterocycles. The Morgan fingerprint density at radius 1 is 1.33 bits per heavy atom. The molecule has 8 nitrogen and oxygen atoms in total. The van der Waals surface area contributed by atoms with Crippen molar-refractivity contribution in [2.45, 2.75) is 56.6 Å². The fourth-order valence-electron chi connectivity index (χ4n) is 3.97. The second-order valence-corrected chi connectivity index (χ2v) is 9.67. The van der Waals surface area contributed by atoms with Crippen LogP contribution in [0.3, 0.4) is 0 Å². The normalized spacial score (nSPS) is 21.7. The van der Waals surface area contributed by atoms with Crippen LogP contribution in [0.5, 0.6) is 0 Å². The second kappa shape index (κ2) is 9.53. The molecule has 2 aliphatic rings. The van der Waals surface area contributed by atoms with Crippen molar-refractivity contribution >= 4 is 39.8 Å². The van der Waals surface area contributed by atoms with E-state index >= 15 is 0 Å². The van der Waals surface area contributed by atoms with Crippen LogP contribution in [-0.2, 0) is 22.7 Å². The van der Waals surface area contributed by atoms with Gasteiger partial charge in [-0.3, -0.25) is 4.99 Å². The maximum Gasteiger partial charge on any atom is 0.226 e. The molecule has 1 aromatic heterocycles. The zero-order chi connectivity index (χ0) is 18.6. The average Bonchev–Trinajstić information content (AvgIpc) is 3.10. The quantitative estimate of drug-likeness (QED) is 0.374. The molecule has 1 N–H and O–H groups in total. The Morgan fingerprint density at radius 2 is 2.07 bits per heavy atom. The molecule has 2 fully saturated rings. The molecule has 154 valence electrons. The average molecular weight is 511 g/mol. The van der Waals surface area contributed by atoms with Crippen LogP contribution in [0.25, 0.3) is 0 Å². The van der Waals surface area contributed by atoms with Crippen LogP contribution in [0.2, 0.25) is 0 Å². The minimum Gasteiger partial charge on any atom is -0.356 e. The zero-order valence-electron chi connectivity index (χ0n) is 16.1. The van der Waals surface area contributed by atoms with Crippen molar-refractivity contribution in [3.63, 3.8) is 0 Å². The summed E-state index contributed by atoms with van der Waals surface area (Å²) in [4.78, 5) is 10.8. The van der Waals surface area contributed by atoms with Gasteiger partial charge in [0.05, 0.1) is 10.5 Å². The maximum atomic E-state index is 12.7. The van der Waals surface area contributed by atoms with Gasteiger partial charge in [-0.25, -0.2) is 8.42 Å². The van der Waals surface area contributed by atoms with Gasteiger partial charge in [-0.15, -0.1) is 24.0 Å². The number of aryl methyl sites for hydroxylation is 1. The van der Waals surface area contributed by atoms with Gasteiger partial charge in [-0.05, 0) is 12.8 Å². The van der Waals surface area contributed by atoms with Crippen LogP contribution in [0.15, 0.2) is 9.52 Å². The summed E-state index contributed by atoms with van der Waals surface area (Å²) in [7, 11) is -1.30. The molecule has 1 aliphatic heterocycles. The number of hydrogen-bond acceptors (Lipinski definition) is 6. The number of hydrogen-bond donors (Lipinski definition) is 1. The van der Waals surface area contributed by atoms with Crippen molar-refractivity contribution in [2.75, 3.05) is 32.4 Å². The molecule has 1 spiro atoms. The Morgan fingerprint density at radius 3 is 2.70 bits per heavy atom. The first-order valence-corrected chi connectivity index (χ1v) is 11.1. The summed E-state index contributed by atoms with van der Waals surface area (Å²) in [5, 5.41) is 7.27. The molecule has 10 heteroatoms. The fraction of sp³-hybridized carbons (Fsp3) is 0.824. The van der Waals surface area contributed by atoms with E-state index in [1.54, 1.807) is 7.05 Å². The van der Waals surface area contributed by atoms with Crippen molar-refractivity contribution in [2.24, 2.45) is 4.99 Å². The van der Waals surface area contributed by atoms with Crippen LogP contribution in [0, 0.1) is 0 Å². The van der Waals surface area contributed by atoms with E-state index < -0.39 is 14.6 Å². The number of aliphatic imine (C=N–C) groups is 1. The molecule has 1 saturated heterocycles. The minimum atomic E-state index is -3.04. The Balaban J connectivity index is 0.00000261. The number of guanidine groups is 1. The second-order valence-electron chi connectivity index (χ2n) is 7.17. The van der Waals surface area contributed by atoms with E-state index in [0.717, 1.165) is 44.5 Å². The standard InChI is InChI=1S/C17H29N5O3S.HI/c1-3-15-20-14(21-25-15)7-10-19-16(18-2)22-11-12-26(23,24)17(13-22)8-5-4-6-9-17;/h3-13H2,1-2H3,(H,18,19);1H. The lowest BCUT2D eigenvalue weighted by Gasteiger charge is -2.45. The van der Waals surface area contributed by atoms with E-state index in [1.165, 1.54) is 0 Å². The van der Waals surface area contributed by atoms with Gasteiger partial charge in [-0.1, -0.05) is 31.3 Å². The highest BCUT2D eigenvalue weighted by atomic mass is 127. The number of halogens is 1. The molecule has 1 saturated carbocycles. The largest absolute Gasteiger partial charge is 0.356 e. The Bertz CT molecular complexity index is 744. The van der Waals surface area contributed by atoms with Crippen LogP contribution in [0.4, 0.5) is 0 Å². The fourth-order valence-corrected chi connectivity index (χ4v) is 6.13. The summed E-state index contributed by atoms with van der Waals surface area (Å²) >= 11 is 0. The molecule has 0 amide bonds. The van der Waals surface area contributed by atoms with E-state index in [4.69, 9.17) is 4.52 Å². The zero-order valence-corrected chi connectivity index (χ0v) is 19.3. The molecular formula is C17H30IN5O3S. The SMILES string of the molecule is CCc1nc(CCNC(=NC)N2CCS(=O)(=O)C3(CCCCC3)C2)no1.I. The maximum absolute atomic E-state index is 12.7.